The highest BCUT2D eigenvalue weighted by molar-refractivity contribution is 6.06. The Kier molecular flexibility index (Phi) is 6.17. The Morgan fingerprint density at radius 3 is 2.27 bits per heavy atom. The van der Waals surface area contributed by atoms with Gasteiger partial charge >= 0.3 is 0 Å². The van der Waals surface area contributed by atoms with Crippen LogP contribution in [0.15, 0.2) is 64.1 Å². The minimum atomic E-state index is -0.398. The standard InChI is InChI=1S/C25H25N3O5/c1-15-21(22-24(33-15)26-14-28(2)25(22)30)23(29)27-20(17-7-11-19(32-4)12-8-17)13-16-5-9-18(31-3)10-6-16/h5-12,14,20H,13H2,1-4H3,(H,27,29). The molecule has 0 aliphatic heterocycles. The van der Waals surface area contributed by atoms with Crippen molar-refractivity contribution in [2.24, 2.45) is 7.05 Å². The van der Waals surface area contributed by atoms with Crippen molar-refractivity contribution in [2.45, 2.75) is 19.4 Å². The molecule has 4 rings (SSSR count). The number of ether oxygens (including phenoxy) is 2. The molecule has 0 fully saturated rings. The van der Waals surface area contributed by atoms with E-state index < -0.39 is 5.91 Å². The van der Waals surface area contributed by atoms with Crippen LogP contribution in [0.4, 0.5) is 0 Å². The first-order valence-electron chi connectivity index (χ1n) is 10.4. The summed E-state index contributed by atoms with van der Waals surface area (Å²) < 4.78 is 17.4. The number of hydrogen-bond acceptors (Lipinski definition) is 6. The molecule has 1 atom stereocenters. The molecule has 0 radical (unpaired) electrons. The van der Waals surface area contributed by atoms with Crippen molar-refractivity contribution in [3.05, 3.63) is 87.7 Å². The van der Waals surface area contributed by atoms with E-state index in [4.69, 9.17) is 13.9 Å². The van der Waals surface area contributed by atoms with Gasteiger partial charge < -0.3 is 23.8 Å². The van der Waals surface area contributed by atoms with Crippen molar-refractivity contribution < 1.29 is 18.7 Å². The van der Waals surface area contributed by atoms with E-state index in [-0.39, 0.29) is 28.3 Å². The maximum atomic E-state index is 13.4. The van der Waals surface area contributed by atoms with Crippen LogP contribution in [0, 0.1) is 6.92 Å². The summed E-state index contributed by atoms with van der Waals surface area (Å²) in [4.78, 5) is 30.2. The fourth-order valence-corrected chi connectivity index (χ4v) is 3.78. The fourth-order valence-electron chi connectivity index (χ4n) is 3.78. The van der Waals surface area contributed by atoms with E-state index in [9.17, 15) is 9.59 Å². The SMILES string of the molecule is COc1ccc(CC(NC(=O)c2c(C)oc3ncn(C)c(=O)c23)c2ccc(OC)cc2)cc1. The lowest BCUT2D eigenvalue weighted by Gasteiger charge is -2.20. The van der Waals surface area contributed by atoms with Crippen molar-refractivity contribution in [3.8, 4) is 11.5 Å². The van der Waals surface area contributed by atoms with E-state index >= 15 is 0 Å². The van der Waals surface area contributed by atoms with Crippen molar-refractivity contribution in [2.75, 3.05) is 14.2 Å². The van der Waals surface area contributed by atoms with Gasteiger partial charge in [-0.15, -0.1) is 0 Å². The second kappa shape index (κ2) is 9.20. The molecule has 0 aliphatic carbocycles. The number of methoxy groups -OCH3 is 2. The Hall–Kier alpha value is -4.07. The summed E-state index contributed by atoms with van der Waals surface area (Å²) in [5, 5.41) is 3.26. The molecule has 170 valence electrons. The number of amides is 1. The van der Waals surface area contributed by atoms with Crippen LogP contribution in [0.1, 0.15) is 33.3 Å². The van der Waals surface area contributed by atoms with Crippen LogP contribution in [-0.4, -0.2) is 29.7 Å². The van der Waals surface area contributed by atoms with Crippen LogP contribution in [0.25, 0.3) is 11.1 Å². The summed E-state index contributed by atoms with van der Waals surface area (Å²) in [6, 6.07) is 14.8. The monoisotopic (exact) mass is 447 g/mol. The van der Waals surface area contributed by atoms with Crippen LogP contribution in [0.3, 0.4) is 0 Å². The van der Waals surface area contributed by atoms with Crippen molar-refractivity contribution in [1.82, 2.24) is 14.9 Å². The van der Waals surface area contributed by atoms with E-state index in [2.05, 4.69) is 10.3 Å². The normalized spacial score (nSPS) is 11.9. The summed E-state index contributed by atoms with van der Waals surface area (Å²) in [5.74, 6) is 1.43. The van der Waals surface area contributed by atoms with Gasteiger partial charge in [0.1, 0.15) is 29.0 Å². The summed E-state index contributed by atoms with van der Waals surface area (Å²) >= 11 is 0. The molecule has 1 unspecified atom stereocenters. The first kappa shape index (κ1) is 22.1. The van der Waals surface area contributed by atoms with Crippen molar-refractivity contribution in [3.63, 3.8) is 0 Å². The zero-order chi connectivity index (χ0) is 23.5. The van der Waals surface area contributed by atoms with E-state index in [1.165, 1.54) is 10.9 Å². The van der Waals surface area contributed by atoms with Crippen LogP contribution >= 0.6 is 0 Å². The third kappa shape index (κ3) is 4.45. The largest absolute Gasteiger partial charge is 0.497 e. The molecule has 0 bridgehead atoms. The first-order valence-corrected chi connectivity index (χ1v) is 10.4. The van der Waals surface area contributed by atoms with Crippen molar-refractivity contribution in [1.29, 1.82) is 0 Å². The van der Waals surface area contributed by atoms with E-state index in [0.29, 0.717) is 12.2 Å². The second-order valence-corrected chi connectivity index (χ2v) is 7.73. The zero-order valence-corrected chi connectivity index (χ0v) is 18.9. The molecule has 33 heavy (non-hydrogen) atoms. The van der Waals surface area contributed by atoms with Crippen LogP contribution in [-0.2, 0) is 13.5 Å². The number of aromatic nitrogens is 2. The quantitative estimate of drug-likeness (QED) is 0.465. The molecule has 4 aromatic rings. The molecule has 0 saturated carbocycles. The van der Waals surface area contributed by atoms with Gasteiger partial charge in [0.25, 0.3) is 11.5 Å². The Morgan fingerprint density at radius 2 is 1.67 bits per heavy atom. The molecule has 2 heterocycles. The molecule has 8 heteroatoms. The van der Waals surface area contributed by atoms with Gasteiger partial charge in [-0.1, -0.05) is 24.3 Å². The van der Waals surface area contributed by atoms with Crippen LogP contribution < -0.4 is 20.3 Å². The Morgan fingerprint density at radius 1 is 1.06 bits per heavy atom. The molecule has 2 aromatic heterocycles. The molecule has 1 N–H and O–H groups in total. The smallest absolute Gasteiger partial charge is 0.265 e. The number of hydrogen-bond donors (Lipinski definition) is 1. The first-order chi connectivity index (χ1) is 15.9. The van der Waals surface area contributed by atoms with Gasteiger partial charge in [0.2, 0.25) is 5.71 Å². The number of carbonyl (C=O) groups excluding carboxylic acids is 1. The lowest BCUT2D eigenvalue weighted by molar-refractivity contribution is 0.0936. The predicted octanol–water partition coefficient (Wildman–Crippen LogP) is 3.57. The highest BCUT2D eigenvalue weighted by Crippen LogP contribution is 2.26. The van der Waals surface area contributed by atoms with Gasteiger partial charge in [-0.2, -0.15) is 0 Å². The number of fused-ring (bicyclic) bond motifs is 1. The molecular formula is C25H25N3O5. The Labute approximate surface area is 190 Å². The van der Waals surface area contributed by atoms with E-state index in [0.717, 1.165) is 22.6 Å². The van der Waals surface area contributed by atoms with Gasteiger partial charge in [0.05, 0.1) is 25.8 Å². The highest BCUT2D eigenvalue weighted by Gasteiger charge is 2.25. The maximum absolute atomic E-state index is 13.4. The van der Waals surface area contributed by atoms with Crippen LogP contribution in [0.2, 0.25) is 0 Å². The van der Waals surface area contributed by atoms with Gasteiger partial charge in [0, 0.05) is 7.05 Å². The fraction of sp³-hybridized carbons (Fsp3) is 0.240. The van der Waals surface area contributed by atoms with Gasteiger partial charge in [0.15, 0.2) is 0 Å². The summed E-state index contributed by atoms with van der Waals surface area (Å²) in [7, 11) is 4.81. The van der Waals surface area contributed by atoms with Gasteiger partial charge in [-0.3, -0.25) is 9.59 Å². The Balaban J connectivity index is 1.70. The lowest BCUT2D eigenvalue weighted by Crippen LogP contribution is -2.31. The molecule has 2 aromatic carbocycles. The molecule has 0 aliphatic rings. The van der Waals surface area contributed by atoms with Gasteiger partial charge in [-0.25, -0.2) is 4.98 Å². The zero-order valence-electron chi connectivity index (χ0n) is 18.9. The predicted molar refractivity (Wildman–Crippen MR) is 124 cm³/mol. The molecule has 0 saturated heterocycles. The summed E-state index contributed by atoms with van der Waals surface area (Å²) in [6.07, 6.45) is 1.91. The van der Waals surface area contributed by atoms with E-state index in [1.54, 1.807) is 28.2 Å². The topological polar surface area (TPSA) is 95.6 Å². The number of rotatable bonds is 7. The summed E-state index contributed by atoms with van der Waals surface area (Å²) in [6.45, 7) is 1.65. The third-order valence-corrected chi connectivity index (χ3v) is 5.60. The third-order valence-electron chi connectivity index (χ3n) is 5.60. The number of aryl methyl sites for hydroxylation is 2. The number of furan rings is 1. The summed E-state index contributed by atoms with van der Waals surface area (Å²) in [5.41, 5.74) is 1.93. The second-order valence-electron chi connectivity index (χ2n) is 7.73. The minimum Gasteiger partial charge on any atom is -0.497 e. The number of carbonyl (C=O) groups is 1. The number of benzene rings is 2. The molecule has 8 nitrogen and oxygen atoms in total. The molecular weight excluding hydrogens is 422 g/mol. The molecule has 0 spiro atoms. The number of nitrogens with zero attached hydrogens (tertiary/aromatic N) is 2. The van der Waals surface area contributed by atoms with Crippen LogP contribution in [0.5, 0.6) is 11.5 Å². The van der Waals surface area contributed by atoms with Gasteiger partial charge in [-0.05, 0) is 48.7 Å². The lowest BCUT2D eigenvalue weighted by atomic mass is 9.98. The average Bonchev–Trinajstić information content (AvgIpc) is 3.18. The van der Waals surface area contributed by atoms with E-state index in [1.807, 2.05) is 48.5 Å². The highest BCUT2D eigenvalue weighted by atomic mass is 16.5. The molecule has 1 amide bonds. The number of nitrogens with one attached hydrogen (secondary N) is 1. The Bertz CT molecular complexity index is 1340. The maximum Gasteiger partial charge on any atom is 0.265 e. The average molecular weight is 447 g/mol. The van der Waals surface area contributed by atoms with Crippen molar-refractivity contribution >= 4 is 17.0 Å². The minimum absolute atomic E-state index is 0.150.